The highest BCUT2D eigenvalue weighted by atomic mass is 32.2. The lowest BCUT2D eigenvalue weighted by atomic mass is 9.97. The molecule has 1 N–H and O–H groups in total. The van der Waals surface area contributed by atoms with E-state index in [-0.39, 0.29) is 11.4 Å². The minimum atomic E-state index is -3.81. The molecule has 148 valence electrons. The molecule has 0 spiro atoms. The van der Waals surface area contributed by atoms with Crippen molar-refractivity contribution in [3.05, 3.63) is 46.0 Å². The van der Waals surface area contributed by atoms with Gasteiger partial charge in [-0.25, -0.2) is 8.42 Å². The van der Waals surface area contributed by atoms with E-state index in [4.69, 9.17) is 0 Å². The quantitative estimate of drug-likeness (QED) is 0.413. The molecular weight excluding hydrogens is 370 g/mol. The van der Waals surface area contributed by atoms with Crippen LogP contribution in [-0.2, 0) is 14.8 Å². The number of carbonyl (C=O) groups excluding carboxylic acids is 1. The zero-order chi connectivity index (χ0) is 20.0. The van der Waals surface area contributed by atoms with Gasteiger partial charge in [-0.3, -0.25) is 19.2 Å². The van der Waals surface area contributed by atoms with Crippen molar-refractivity contribution in [2.24, 2.45) is 0 Å². The van der Waals surface area contributed by atoms with E-state index in [1.165, 1.54) is 37.1 Å². The van der Waals surface area contributed by atoms with E-state index >= 15 is 0 Å². The third-order valence-electron chi connectivity index (χ3n) is 4.51. The SMILES string of the molecule is C[C@H](C(=O)NCCC1=CCCCC1)N(c1cccc([N+](=O)[O-])c1)S(C)(=O)=O. The van der Waals surface area contributed by atoms with Gasteiger partial charge in [0.25, 0.3) is 5.69 Å². The smallest absolute Gasteiger partial charge is 0.271 e. The summed E-state index contributed by atoms with van der Waals surface area (Å²) < 4.78 is 25.4. The third kappa shape index (κ3) is 5.78. The van der Waals surface area contributed by atoms with Crippen molar-refractivity contribution in [3.63, 3.8) is 0 Å². The molecule has 1 aliphatic rings. The van der Waals surface area contributed by atoms with Crippen molar-refractivity contribution in [3.8, 4) is 0 Å². The normalized spacial score (nSPS) is 15.6. The predicted molar refractivity (Wildman–Crippen MR) is 104 cm³/mol. The first-order valence-electron chi connectivity index (χ1n) is 8.89. The number of benzene rings is 1. The molecule has 0 bridgehead atoms. The second-order valence-corrected chi connectivity index (χ2v) is 8.52. The highest BCUT2D eigenvalue weighted by Crippen LogP contribution is 2.25. The number of nitrogens with one attached hydrogen (secondary N) is 1. The number of rotatable bonds is 8. The van der Waals surface area contributed by atoms with Crippen LogP contribution >= 0.6 is 0 Å². The summed E-state index contributed by atoms with van der Waals surface area (Å²) in [4.78, 5) is 22.9. The molecule has 0 aliphatic heterocycles. The maximum atomic E-state index is 12.5. The molecular formula is C18H25N3O5S. The van der Waals surface area contributed by atoms with Crippen LogP contribution in [-0.4, -0.2) is 38.1 Å². The second-order valence-electron chi connectivity index (χ2n) is 6.66. The van der Waals surface area contributed by atoms with Crippen LogP contribution in [0.1, 0.15) is 39.0 Å². The van der Waals surface area contributed by atoms with Crippen LogP contribution in [0.5, 0.6) is 0 Å². The molecule has 1 amide bonds. The summed E-state index contributed by atoms with van der Waals surface area (Å²) in [6, 6.07) is 4.23. The Bertz CT molecular complexity index is 835. The number of amides is 1. The summed E-state index contributed by atoms with van der Waals surface area (Å²) in [7, 11) is -3.81. The molecule has 1 aliphatic carbocycles. The number of allylic oxidation sites excluding steroid dienone is 1. The van der Waals surface area contributed by atoms with Gasteiger partial charge in [-0.1, -0.05) is 17.7 Å². The Morgan fingerprint density at radius 3 is 2.70 bits per heavy atom. The molecule has 0 aromatic heterocycles. The lowest BCUT2D eigenvalue weighted by Gasteiger charge is -2.28. The first-order valence-corrected chi connectivity index (χ1v) is 10.7. The number of nitro groups is 1. The monoisotopic (exact) mass is 395 g/mol. The van der Waals surface area contributed by atoms with Gasteiger partial charge in [0.2, 0.25) is 15.9 Å². The van der Waals surface area contributed by atoms with Crippen molar-refractivity contribution < 1.29 is 18.1 Å². The minimum Gasteiger partial charge on any atom is -0.354 e. The first-order chi connectivity index (χ1) is 12.7. The molecule has 2 rings (SSSR count). The molecule has 0 heterocycles. The van der Waals surface area contributed by atoms with E-state index in [9.17, 15) is 23.3 Å². The molecule has 0 unspecified atom stereocenters. The molecule has 27 heavy (non-hydrogen) atoms. The van der Waals surface area contributed by atoms with Crippen molar-refractivity contribution in [1.82, 2.24) is 5.32 Å². The average Bonchev–Trinajstić information content (AvgIpc) is 2.61. The lowest BCUT2D eigenvalue weighted by Crippen LogP contribution is -2.48. The fourth-order valence-corrected chi connectivity index (χ4v) is 4.34. The summed E-state index contributed by atoms with van der Waals surface area (Å²) in [6.45, 7) is 1.90. The van der Waals surface area contributed by atoms with Gasteiger partial charge in [-0.2, -0.15) is 0 Å². The fourth-order valence-electron chi connectivity index (χ4n) is 3.18. The summed E-state index contributed by atoms with van der Waals surface area (Å²) in [5, 5.41) is 13.7. The van der Waals surface area contributed by atoms with Crippen LogP contribution in [0.25, 0.3) is 0 Å². The van der Waals surface area contributed by atoms with Gasteiger partial charge in [0.15, 0.2) is 0 Å². The van der Waals surface area contributed by atoms with Gasteiger partial charge in [-0.15, -0.1) is 0 Å². The van der Waals surface area contributed by atoms with Crippen LogP contribution in [0, 0.1) is 10.1 Å². The van der Waals surface area contributed by atoms with Crippen molar-refractivity contribution >= 4 is 27.3 Å². The molecule has 8 nitrogen and oxygen atoms in total. The summed E-state index contributed by atoms with van der Waals surface area (Å²) in [5.74, 6) is -0.441. The molecule has 1 aromatic rings. The minimum absolute atomic E-state index is 0.0874. The Morgan fingerprint density at radius 2 is 2.11 bits per heavy atom. The van der Waals surface area contributed by atoms with Crippen molar-refractivity contribution in [2.75, 3.05) is 17.1 Å². The Kier molecular flexibility index (Phi) is 6.95. The molecule has 0 fully saturated rings. The van der Waals surface area contributed by atoms with Gasteiger partial charge in [0, 0.05) is 18.7 Å². The third-order valence-corrected chi connectivity index (χ3v) is 5.76. The Morgan fingerprint density at radius 1 is 1.37 bits per heavy atom. The number of carbonyl (C=O) groups is 1. The van der Waals surface area contributed by atoms with E-state index in [0.717, 1.165) is 42.3 Å². The number of sulfonamides is 1. The number of nitro benzene ring substituents is 1. The highest BCUT2D eigenvalue weighted by molar-refractivity contribution is 7.92. The van der Waals surface area contributed by atoms with E-state index < -0.39 is 26.9 Å². The maximum Gasteiger partial charge on any atom is 0.271 e. The molecule has 0 saturated carbocycles. The van der Waals surface area contributed by atoms with Crippen LogP contribution in [0.4, 0.5) is 11.4 Å². The lowest BCUT2D eigenvalue weighted by molar-refractivity contribution is -0.384. The molecule has 9 heteroatoms. The number of nitrogens with zero attached hydrogens (tertiary/aromatic N) is 2. The predicted octanol–water partition coefficient (Wildman–Crippen LogP) is 2.76. The fraction of sp³-hybridized carbons (Fsp3) is 0.500. The standard InChI is InChI=1S/C18H25N3O5S/c1-14(18(22)19-12-11-15-7-4-3-5-8-15)20(27(2,25)26)16-9-6-10-17(13-16)21(23)24/h6-7,9-10,13-14H,3-5,8,11-12H2,1-2H3,(H,19,22)/t14-/m1/s1. The second kappa shape index (κ2) is 8.98. The maximum absolute atomic E-state index is 12.5. The van der Waals surface area contributed by atoms with Crippen LogP contribution in [0.3, 0.4) is 0 Å². The summed E-state index contributed by atoms with van der Waals surface area (Å²) in [5.41, 5.74) is 1.16. The summed E-state index contributed by atoms with van der Waals surface area (Å²) in [6.07, 6.45) is 8.37. The molecule has 0 saturated heterocycles. The molecule has 0 radical (unpaired) electrons. The average molecular weight is 395 g/mol. The van der Waals surface area contributed by atoms with Crippen LogP contribution < -0.4 is 9.62 Å². The van der Waals surface area contributed by atoms with Gasteiger partial charge in [0.05, 0.1) is 16.9 Å². The van der Waals surface area contributed by atoms with Gasteiger partial charge in [-0.05, 0) is 45.1 Å². The first kappa shape index (κ1) is 20.9. The van der Waals surface area contributed by atoms with Crippen LogP contribution in [0.2, 0.25) is 0 Å². The zero-order valence-corrected chi connectivity index (χ0v) is 16.4. The Balaban J connectivity index is 2.11. The number of hydrogen-bond donors (Lipinski definition) is 1. The van der Waals surface area contributed by atoms with Gasteiger partial charge >= 0.3 is 0 Å². The van der Waals surface area contributed by atoms with Gasteiger partial charge in [0.1, 0.15) is 6.04 Å². The van der Waals surface area contributed by atoms with Gasteiger partial charge < -0.3 is 5.32 Å². The van der Waals surface area contributed by atoms with Crippen molar-refractivity contribution in [2.45, 2.75) is 45.1 Å². The Hall–Kier alpha value is -2.42. The van der Waals surface area contributed by atoms with Crippen molar-refractivity contribution in [1.29, 1.82) is 0 Å². The van der Waals surface area contributed by atoms with E-state index in [2.05, 4.69) is 11.4 Å². The van der Waals surface area contributed by atoms with E-state index in [1.54, 1.807) is 0 Å². The van der Waals surface area contributed by atoms with E-state index in [0.29, 0.717) is 6.54 Å². The molecule has 1 atom stereocenters. The zero-order valence-electron chi connectivity index (χ0n) is 15.6. The number of non-ortho nitro benzene ring substituents is 1. The summed E-state index contributed by atoms with van der Waals surface area (Å²) >= 11 is 0. The van der Waals surface area contributed by atoms with Crippen LogP contribution in [0.15, 0.2) is 35.9 Å². The molecule has 1 aromatic carbocycles. The van der Waals surface area contributed by atoms with E-state index in [1.807, 2.05) is 0 Å². The largest absolute Gasteiger partial charge is 0.354 e. The highest BCUT2D eigenvalue weighted by Gasteiger charge is 2.29. The topological polar surface area (TPSA) is 110 Å². The number of hydrogen-bond acceptors (Lipinski definition) is 5. The number of anilines is 1. The Labute approximate surface area is 159 Å².